The molecule has 3 rings (SSSR count). The first kappa shape index (κ1) is 11.5. The molecule has 0 aromatic heterocycles. The predicted molar refractivity (Wildman–Crippen MR) is 67.7 cm³/mol. The quantitative estimate of drug-likeness (QED) is 0.752. The average molecular weight is 236 g/mol. The highest BCUT2D eigenvalue weighted by Gasteiger charge is 2.35. The van der Waals surface area contributed by atoms with Gasteiger partial charge in [0.25, 0.3) is 0 Å². The molecule has 0 bridgehead atoms. The van der Waals surface area contributed by atoms with Crippen molar-refractivity contribution in [2.24, 2.45) is 11.8 Å². The highest BCUT2D eigenvalue weighted by molar-refractivity contribution is 5.82. The molecule has 3 heteroatoms. The van der Waals surface area contributed by atoms with Crippen LogP contribution in [0.5, 0.6) is 0 Å². The van der Waals surface area contributed by atoms with Crippen LogP contribution in [0.4, 0.5) is 0 Å². The number of hydrogen-bond acceptors (Lipinski definition) is 2. The van der Waals surface area contributed by atoms with Gasteiger partial charge in [0.05, 0.1) is 6.04 Å². The van der Waals surface area contributed by atoms with E-state index in [4.69, 9.17) is 0 Å². The molecule has 3 atom stereocenters. The van der Waals surface area contributed by atoms with E-state index in [-0.39, 0.29) is 6.04 Å². The van der Waals surface area contributed by atoms with Gasteiger partial charge in [-0.25, -0.2) is 0 Å². The summed E-state index contributed by atoms with van der Waals surface area (Å²) in [6, 6.07) is 0.134. The second-order valence-corrected chi connectivity index (χ2v) is 6.03. The standard InChI is InChI=1S/C14H24N2O/c17-14(13-6-3-8-15-13)16-9-7-11-4-1-2-5-12(11)10-16/h11-13,15H,1-10H2. The third-order valence-corrected chi connectivity index (χ3v) is 4.96. The first-order valence-corrected chi connectivity index (χ1v) is 7.37. The molecule has 2 aliphatic heterocycles. The van der Waals surface area contributed by atoms with Crippen molar-refractivity contribution in [3.05, 3.63) is 0 Å². The number of amides is 1. The number of nitrogens with zero attached hydrogens (tertiary/aromatic N) is 1. The van der Waals surface area contributed by atoms with Crippen molar-refractivity contribution in [2.45, 2.75) is 51.0 Å². The maximum Gasteiger partial charge on any atom is 0.239 e. The molecule has 2 saturated heterocycles. The van der Waals surface area contributed by atoms with Crippen molar-refractivity contribution in [3.63, 3.8) is 0 Å². The van der Waals surface area contributed by atoms with Gasteiger partial charge >= 0.3 is 0 Å². The minimum absolute atomic E-state index is 0.134. The van der Waals surface area contributed by atoms with Crippen molar-refractivity contribution in [1.29, 1.82) is 0 Å². The summed E-state index contributed by atoms with van der Waals surface area (Å²) in [4.78, 5) is 14.5. The maximum absolute atomic E-state index is 12.3. The van der Waals surface area contributed by atoms with Crippen molar-refractivity contribution in [2.75, 3.05) is 19.6 Å². The zero-order valence-corrected chi connectivity index (χ0v) is 10.7. The monoisotopic (exact) mass is 236 g/mol. The first-order valence-electron chi connectivity index (χ1n) is 7.37. The molecule has 3 fully saturated rings. The van der Waals surface area contributed by atoms with Gasteiger partial charge in [-0.3, -0.25) is 4.79 Å². The molecule has 3 nitrogen and oxygen atoms in total. The Morgan fingerprint density at radius 1 is 1.00 bits per heavy atom. The number of piperidine rings is 1. The Morgan fingerprint density at radius 3 is 2.59 bits per heavy atom. The van der Waals surface area contributed by atoms with Crippen molar-refractivity contribution in [3.8, 4) is 0 Å². The molecule has 17 heavy (non-hydrogen) atoms. The third-order valence-electron chi connectivity index (χ3n) is 4.96. The Balaban J connectivity index is 1.59. The zero-order valence-electron chi connectivity index (χ0n) is 10.7. The Labute approximate surface area is 104 Å². The molecule has 0 aromatic carbocycles. The molecule has 0 aromatic rings. The summed E-state index contributed by atoms with van der Waals surface area (Å²) >= 11 is 0. The Kier molecular flexibility index (Phi) is 3.37. The highest BCUT2D eigenvalue weighted by Crippen LogP contribution is 2.36. The van der Waals surface area contributed by atoms with E-state index in [0.717, 1.165) is 44.3 Å². The number of fused-ring (bicyclic) bond motifs is 1. The van der Waals surface area contributed by atoms with Crippen LogP contribution in [0.1, 0.15) is 44.9 Å². The lowest BCUT2D eigenvalue weighted by atomic mass is 9.75. The van der Waals surface area contributed by atoms with Gasteiger partial charge in [0.15, 0.2) is 0 Å². The largest absolute Gasteiger partial charge is 0.341 e. The van der Waals surface area contributed by atoms with E-state index in [9.17, 15) is 4.79 Å². The second kappa shape index (κ2) is 4.97. The number of nitrogens with one attached hydrogen (secondary N) is 1. The predicted octanol–water partition coefficient (Wildman–Crippen LogP) is 1.78. The van der Waals surface area contributed by atoms with Crippen molar-refractivity contribution in [1.82, 2.24) is 10.2 Å². The van der Waals surface area contributed by atoms with E-state index >= 15 is 0 Å². The molecule has 3 unspecified atom stereocenters. The van der Waals surface area contributed by atoms with Crippen molar-refractivity contribution >= 4 is 5.91 Å². The fraction of sp³-hybridized carbons (Fsp3) is 0.929. The minimum Gasteiger partial charge on any atom is -0.341 e. The summed E-state index contributed by atoms with van der Waals surface area (Å²) in [5.41, 5.74) is 0. The molecule has 1 amide bonds. The van der Waals surface area contributed by atoms with E-state index in [0.29, 0.717) is 5.91 Å². The molecule has 0 radical (unpaired) electrons. The van der Waals surface area contributed by atoms with Crippen LogP contribution >= 0.6 is 0 Å². The first-order chi connectivity index (χ1) is 8.34. The topological polar surface area (TPSA) is 32.3 Å². The number of carbonyl (C=O) groups excluding carboxylic acids is 1. The molecule has 1 saturated carbocycles. The van der Waals surface area contributed by atoms with Crippen LogP contribution in [0.3, 0.4) is 0 Å². The molecule has 2 heterocycles. The van der Waals surface area contributed by atoms with Gasteiger partial charge in [0, 0.05) is 13.1 Å². The van der Waals surface area contributed by atoms with Gasteiger partial charge in [0.2, 0.25) is 5.91 Å². The minimum atomic E-state index is 0.134. The lowest BCUT2D eigenvalue weighted by Crippen LogP contribution is -2.50. The lowest BCUT2D eigenvalue weighted by Gasteiger charge is -2.42. The maximum atomic E-state index is 12.3. The van der Waals surface area contributed by atoms with E-state index in [1.165, 1.54) is 32.1 Å². The number of likely N-dealkylation sites (tertiary alicyclic amines) is 1. The highest BCUT2D eigenvalue weighted by atomic mass is 16.2. The molecular formula is C14H24N2O. The Hall–Kier alpha value is -0.570. The van der Waals surface area contributed by atoms with E-state index in [1.54, 1.807) is 0 Å². The van der Waals surface area contributed by atoms with Crippen LogP contribution in [-0.2, 0) is 4.79 Å². The lowest BCUT2D eigenvalue weighted by molar-refractivity contribution is -0.136. The zero-order chi connectivity index (χ0) is 11.7. The van der Waals surface area contributed by atoms with Crippen LogP contribution in [-0.4, -0.2) is 36.5 Å². The van der Waals surface area contributed by atoms with Crippen LogP contribution in [0.2, 0.25) is 0 Å². The van der Waals surface area contributed by atoms with Gasteiger partial charge in [0.1, 0.15) is 0 Å². The van der Waals surface area contributed by atoms with Crippen LogP contribution in [0.25, 0.3) is 0 Å². The fourth-order valence-corrected chi connectivity index (χ4v) is 3.92. The summed E-state index contributed by atoms with van der Waals surface area (Å²) in [5.74, 6) is 2.11. The van der Waals surface area contributed by atoms with Gasteiger partial charge in [-0.15, -0.1) is 0 Å². The van der Waals surface area contributed by atoms with Crippen molar-refractivity contribution < 1.29 is 4.79 Å². The van der Waals surface area contributed by atoms with Crippen LogP contribution in [0.15, 0.2) is 0 Å². The Morgan fingerprint density at radius 2 is 1.82 bits per heavy atom. The van der Waals surface area contributed by atoms with E-state index in [2.05, 4.69) is 10.2 Å². The SMILES string of the molecule is O=C(C1CCCN1)N1CCC2CCCCC2C1. The summed E-state index contributed by atoms with van der Waals surface area (Å²) in [5, 5.41) is 3.33. The molecule has 1 N–H and O–H groups in total. The molecule has 0 spiro atoms. The molecule has 3 aliphatic rings. The normalized spacial score (nSPS) is 37.9. The molecule has 96 valence electrons. The Bertz CT molecular complexity index is 286. The van der Waals surface area contributed by atoms with E-state index < -0.39 is 0 Å². The summed E-state index contributed by atoms with van der Waals surface area (Å²) in [6.45, 7) is 3.08. The van der Waals surface area contributed by atoms with Gasteiger partial charge in [-0.05, 0) is 44.1 Å². The summed E-state index contributed by atoms with van der Waals surface area (Å²) in [7, 11) is 0. The van der Waals surface area contributed by atoms with Crippen LogP contribution in [0, 0.1) is 11.8 Å². The number of rotatable bonds is 1. The summed E-state index contributed by atoms with van der Waals surface area (Å²) in [6.07, 6.45) is 9.02. The summed E-state index contributed by atoms with van der Waals surface area (Å²) < 4.78 is 0. The van der Waals surface area contributed by atoms with E-state index in [1.807, 2.05) is 0 Å². The third kappa shape index (κ3) is 2.35. The van der Waals surface area contributed by atoms with Gasteiger partial charge in [-0.2, -0.15) is 0 Å². The molecule has 1 aliphatic carbocycles. The average Bonchev–Trinajstić information content (AvgIpc) is 2.91. The number of hydrogen-bond donors (Lipinski definition) is 1. The van der Waals surface area contributed by atoms with Gasteiger partial charge < -0.3 is 10.2 Å². The second-order valence-electron chi connectivity index (χ2n) is 6.03. The van der Waals surface area contributed by atoms with Crippen LogP contribution < -0.4 is 5.32 Å². The number of carbonyl (C=O) groups is 1. The molecular weight excluding hydrogens is 212 g/mol. The fourth-order valence-electron chi connectivity index (χ4n) is 3.92. The smallest absolute Gasteiger partial charge is 0.239 e. The van der Waals surface area contributed by atoms with Gasteiger partial charge in [-0.1, -0.05) is 19.3 Å².